The number of carbonyl (C=O) groups is 1. The third-order valence-corrected chi connectivity index (χ3v) is 3.03. The molecule has 0 amide bonds. The minimum atomic E-state index is 0.0616. The summed E-state index contributed by atoms with van der Waals surface area (Å²) >= 11 is 1.42. The van der Waals surface area contributed by atoms with Gasteiger partial charge < -0.3 is 11.1 Å². The van der Waals surface area contributed by atoms with Crippen LogP contribution in [-0.4, -0.2) is 10.8 Å². The minimum Gasteiger partial charge on any atom is -0.379 e. The largest absolute Gasteiger partial charge is 0.379 e. The first-order valence-corrected chi connectivity index (χ1v) is 6.08. The van der Waals surface area contributed by atoms with Crippen molar-refractivity contribution in [1.82, 2.24) is 4.98 Å². The first kappa shape index (κ1) is 11.6. The number of rotatable bonds is 4. The fourth-order valence-electron chi connectivity index (χ4n) is 1.44. The molecule has 0 bridgehead atoms. The SMILES string of the molecule is CC(=O)c1cccc(NCc2csc(N)n2)c1. The van der Waals surface area contributed by atoms with E-state index in [0.29, 0.717) is 17.2 Å². The predicted molar refractivity (Wildman–Crippen MR) is 70.3 cm³/mol. The second-order valence-corrected chi connectivity index (χ2v) is 4.56. The van der Waals surface area contributed by atoms with E-state index in [1.54, 1.807) is 13.0 Å². The van der Waals surface area contributed by atoms with Crippen LogP contribution in [0, 0.1) is 0 Å². The number of carbonyl (C=O) groups excluding carboxylic acids is 1. The van der Waals surface area contributed by atoms with Crippen LogP contribution in [-0.2, 0) is 6.54 Å². The van der Waals surface area contributed by atoms with Crippen molar-refractivity contribution in [2.45, 2.75) is 13.5 Å². The Balaban J connectivity index is 2.04. The Bertz CT molecular complexity index is 536. The number of hydrogen-bond donors (Lipinski definition) is 2. The number of nitrogen functional groups attached to an aromatic ring is 1. The highest BCUT2D eigenvalue weighted by Gasteiger charge is 2.01. The number of nitrogens with zero attached hydrogens (tertiary/aromatic N) is 1. The summed E-state index contributed by atoms with van der Waals surface area (Å²) in [7, 11) is 0. The van der Waals surface area contributed by atoms with Crippen LogP contribution in [0.3, 0.4) is 0 Å². The number of hydrogen-bond acceptors (Lipinski definition) is 5. The molecule has 0 spiro atoms. The van der Waals surface area contributed by atoms with Crippen molar-refractivity contribution >= 4 is 27.9 Å². The smallest absolute Gasteiger partial charge is 0.180 e. The number of nitrogens with one attached hydrogen (secondary N) is 1. The molecule has 0 saturated heterocycles. The Morgan fingerprint density at radius 3 is 3.00 bits per heavy atom. The second-order valence-electron chi connectivity index (χ2n) is 3.67. The average molecular weight is 247 g/mol. The van der Waals surface area contributed by atoms with Gasteiger partial charge in [0.15, 0.2) is 10.9 Å². The molecule has 17 heavy (non-hydrogen) atoms. The lowest BCUT2D eigenvalue weighted by Gasteiger charge is -2.05. The predicted octanol–water partition coefficient (Wildman–Crippen LogP) is 2.54. The van der Waals surface area contributed by atoms with Crippen LogP contribution in [0.15, 0.2) is 29.6 Å². The molecule has 0 radical (unpaired) electrons. The normalized spacial score (nSPS) is 10.2. The summed E-state index contributed by atoms with van der Waals surface area (Å²) in [6.45, 7) is 2.16. The van der Waals surface area contributed by atoms with Crippen molar-refractivity contribution in [3.63, 3.8) is 0 Å². The highest BCUT2D eigenvalue weighted by atomic mass is 32.1. The summed E-state index contributed by atoms with van der Waals surface area (Å²) in [5, 5.41) is 5.69. The van der Waals surface area contributed by atoms with Gasteiger partial charge in [0.1, 0.15) is 0 Å². The van der Waals surface area contributed by atoms with E-state index in [2.05, 4.69) is 10.3 Å². The zero-order valence-corrected chi connectivity index (χ0v) is 10.3. The Hall–Kier alpha value is -1.88. The van der Waals surface area contributed by atoms with E-state index < -0.39 is 0 Å². The molecular formula is C12H13N3OS. The van der Waals surface area contributed by atoms with Gasteiger partial charge in [-0.25, -0.2) is 4.98 Å². The van der Waals surface area contributed by atoms with E-state index in [1.807, 2.05) is 23.6 Å². The summed E-state index contributed by atoms with van der Waals surface area (Å²) in [5.41, 5.74) is 8.06. The first-order valence-electron chi connectivity index (χ1n) is 5.20. The van der Waals surface area contributed by atoms with Gasteiger partial charge >= 0.3 is 0 Å². The Labute approximate surface area is 103 Å². The molecule has 1 heterocycles. The molecule has 0 aliphatic carbocycles. The van der Waals surface area contributed by atoms with Gasteiger partial charge in [-0.05, 0) is 19.1 Å². The van der Waals surface area contributed by atoms with Crippen molar-refractivity contribution in [2.24, 2.45) is 0 Å². The third-order valence-electron chi connectivity index (χ3n) is 2.31. The van der Waals surface area contributed by atoms with E-state index >= 15 is 0 Å². The van der Waals surface area contributed by atoms with Gasteiger partial charge in [0, 0.05) is 16.6 Å². The molecule has 0 fully saturated rings. The van der Waals surface area contributed by atoms with Gasteiger partial charge in [-0.2, -0.15) is 0 Å². The van der Waals surface area contributed by atoms with E-state index in [4.69, 9.17) is 5.73 Å². The number of nitrogens with two attached hydrogens (primary N) is 1. The molecule has 0 saturated carbocycles. The van der Waals surface area contributed by atoms with Gasteiger partial charge in [-0.1, -0.05) is 12.1 Å². The lowest BCUT2D eigenvalue weighted by Crippen LogP contribution is -2.01. The van der Waals surface area contributed by atoms with Crippen molar-refractivity contribution in [1.29, 1.82) is 0 Å². The van der Waals surface area contributed by atoms with E-state index in [0.717, 1.165) is 11.4 Å². The molecule has 1 aromatic carbocycles. The van der Waals surface area contributed by atoms with E-state index in [9.17, 15) is 4.79 Å². The highest BCUT2D eigenvalue weighted by Crippen LogP contribution is 2.15. The number of thiazole rings is 1. The van der Waals surface area contributed by atoms with Crippen LogP contribution in [0.2, 0.25) is 0 Å². The standard InChI is InChI=1S/C12H13N3OS/c1-8(16)9-3-2-4-10(5-9)14-6-11-7-17-12(13)15-11/h2-5,7,14H,6H2,1H3,(H2,13,15). The number of ketones is 1. The molecule has 2 rings (SSSR count). The maximum absolute atomic E-state index is 11.2. The van der Waals surface area contributed by atoms with Crippen molar-refractivity contribution in [3.8, 4) is 0 Å². The van der Waals surface area contributed by atoms with Crippen molar-refractivity contribution in [2.75, 3.05) is 11.1 Å². The molecule has 4 nitrogen and oxygen atoms in total. The Kier molecular flexibility index (Phi) is 3.39. The minimum absolute atomic E-state index is 0.0616. The summed E-state index contributed by atoms with van der Waals surface area (Å²) in [5.74, 6) is 0.0616. The summed E-state index contributed by atoms with van der Waals surface area (Å²) in [4.78, 5) is 15.4. The number of anilines is 2. The van der Waals surface area contributed by atoms with Gasteiger partial charge in [0.25, 0.3) is 0 Å². The number of Topliss-reactive ketones (excluding diaryl/α,β-unsaturated/α-hetero) is 1. The van der Waals surface area contributed by atoms with Crippen LogP contribution in [0.5, 0.6) is 0 Å². The van der Waals surface area contributed by atoms with E-state index in [1.165, 1.54) is 11.3 Å². The molecule has 88 valence electrons. The second kappa shape index (κ2) is 4.97. The third kappa shape index (κ3) is 3.04. The van der Waals surface area contributed by atoms with Gasteiger partial charge in [0.2, 0.25) is 0 Å². The van der Waals surface area contributed by atoms with Crippen LogP contribution in [0.4, 0.5) is 10.8 Å². The fraction of sp³-hybridized carbons (Fsp3) is 0.167. The molecule has 2 aromatic rings. The summed E-state index contributed by atoms with van der Waals surface area (Å²) in [6.07, 6.45) is 0. The van der Waals surface area contributed by atoms with Gasteiger partial charge in [0.05, 0.1) is 12.2 Å². The molecule has 5 heteroatoms. The molecule has 1 aromatic heterocycles. The lowest BCUT2D eigenvalue weighted by atomic mass is 10.1. The van der Waals surface area contributed by atoms with Crippen molar-refractivity contribution < 1.29 is 4.79 Å². The quantitative estimate of drug-likeness (QED) is 0.815. The monoisotopic (exact) mass is 247 g/mol. The molecule has 0 atom stereocenters. The van der Waals surface area contributed by atoms with Crippen LogP contribution in [0.25, 0.3) is 0 Å². The van der Waals surface area contributed by atoms with Gasteiger partial charge in [-0.3, -0.25) is 4.79 Å². The lowest BCUT2D eigenvalue weighted by molar-refractivity contribution is 0.101. The molecule has 0 aliphatic heterocycles. The molecule has 0 unspecified atom stereocenters. The first-order chi connectivity index (χ1) is 8.15. The van der Waals surface area contributed by atoms with Crippen LogP contribution in [0.1, 0.15) is 23.0 Å². The van der Waals surface area contributed by atoms with Crippen molar-refractivity contribution in [3.05, 3.63) is 40.9 Å². The fourth-order valence-corrected chi connectivity index (χ4v) is 2.01. The molecular weight excluding hydrogens is 234 g/mol. The molecule has 3 N–H and O–H groups in total. The molecule has 0 aliphatic rings. The maximum atomic E-state index is 11.2. The zero-order valence-electron chi connectivity index (χ0n) is 9.43. The Morgan fingerprint density at radius 1 is 1.53 bits per heavy atom. The van der Waals surface area contributed by atoms with E-state index in [-0.39, 0.29) is 5.78 Å². The summed E-state index contributed by atoms with van der Waals surface area (Å²) in [6, 6.07) is 7.41. The van der Waals surface area contributed by atoms with Gasteiger partial charge in [-0.15, -0.1) is 11.3 Å². The topological polar surface area (TPSA) is 68.0 Å². The van der Waals surface area contributed by atoms with Crippen LogP contribution < -0.4 is 11.1 Å². The summed E-state index contributed by atoms with van der Waals surface area (Å²) < 4.78 is 0. The zero-order chi connectivity index (χ0) is 12.3. The number of aromatic nitrogens is 1. The maximum Gasteiger partial charge on any atom is 0.180 e. The number of benzene rings is 1. The average Bonchev–Trinajstić information content (AvgIpc) is 2.73. The Morgan fingerprint density at radius 2 is 2.35 bits per heavy atom. The highest BCUT2D eigenvalue weighted by molar-refractivity contribution is 7.13. The van der Waals surface area contributed by atoms with Crippen LogP contribution >= 0.6 is 11.3 Å².